The number of urea groups is 1. The number of hydrazone groups is 1. The highest BCUT2D eigenvalue weighted by Crippen LogP contribution is 2.38. The van der Waals surface area contributed by atoms with Gasteiger partial charge in [0.15, 0.2) is 0 Å². The summed E-state index contributed by atoms with van der Waals surface area (Å²) >= 11 is 9.68. The number of halogens is 3. The molecule has 86 valence electrons. The van der Waals surface area contributed by atoms with Crippen molar-refractivity contribution in [2.45, 2.75) is 0 Å². The molecule has 0 bridgehead atoms. The van der Waals surface area contributed by atoms with E-state index in [-0.39, 0.29) is 5.75 Å². The second-order valence-electron chi connectivity index (χ2n) is 2.65. The number of aromatic hydroxyl groups is 1. The lowest BCUT2D eigenvalue weighted by Gasteiger charge is -2.06. The molecular weight excluding hydrogens is 410 g/mol. The highest BCUT2D eigenvalue weighted by Gasteiger charge is 2.11. The molecule has 8 heteroatoms. The molecule has 0 atom stereocenters. The average Bonchev–Trinajstić information content (AvgIpc) is 2.19. The molecule has 5 nitrogen and oxygen atoms in total. The molecule has 0 fully saturated rings. The highest BCUT2D eigenvalue weighted by atomic mass is 79.9. The number of phenols is 1. The Balaban J connectivity index is 3.09. The number of rotatable bonds is 2. The third kappa shape index (κ3) is 3.19. The van der Waals surface area contributed by atoms with Crippen molar-refractivity contribution in [2.75, 3.05) is 0 Å². The summed E-state index contributed by atoms with van der Waals surface area (Å²) in [6.45, 7) is 0. The van der Waals surface area contributed by atoms with Gasteiger partial charge in [0.1, 0.15) is 5.75 Å². The molecule has 0 unspecified atom stereocenters. The average molecular weight is 416 g/mol. The summed E-state index contributed by atoms with van der Waals surface area (Å²) < 4.78 is 1.68. The second kappa shape index (κ2) is 5.65. The normalized spacial score (nSPS) is 10.7. The summed E-state index contributed by atoms with van der Waals surface area (Å²) in [5.41, 5.74) is 7.48. The molecule has 0 aliphatic rings. The smallest absolute Gasteiger partial charge is 0.332 e. The van der Waals surface area contributed by atoms with Crippen LogP contribution in [0.5, 0.6) is 5.75 Å². The summed E-state index contributed by atoms with van der Waals surface area (Å²) in [7, 11) is 0. The number of primary amides is 1. The summed E-state index contributed by atoms with van der Waals surface area (Å²) in [6, 6.07) is 0.899. The molecule has 1 rings (SSSR count). The Labute approximate surface area is 116 Å². The maximum atomic E-state index is 10.4. The number of phenolic OH excluding ortho intramolecular Hbond substituents is 1. The molecular formula is C8H6Br3N3O2. The number of carbonyl (C=O) groups is 1. The van der Waals surface area contributed by atoms with Crippen molar-refractivity contribution < 1.29 is 9.90 Å². The van der Waals surface area contributed by atoms with E-state index in [1.165, 1.54) is 6.21 Å². The molecule has 1 aromatic carbocycles. The number of nitrogens with one attached hydrogen (secondary N) is 1. The van der Waals surface area contributed by atoms with Crippen LogP contribution in [0, 0.1) is 0 Å². The van der Waals surface area contributed by atoms with E-state index in [2.05, 4.69) is 58.3 Å². The molecule has 0 saturated heterocycles. The zero-order valence-electron chi connectivity index (χ0n) is 7.67. The molecule has 0 aliphatic heterocycles. The fourth-order valence-electron chi connectivity index (χ4n) is 0.873. The largest absolute Gasteiger partial charge is 0.506 e. The van der Waals surface area contributed by atoms with Crippen molar-refractivity contribution in [1.82, 2.24) is 5.43 Å². The first-order chi connectivity index (χ1) is 7.43. The van der Waals surface area contributed by atoms with Crippen molar-refractivity contribution in [3.8, 4) is 5.75 Å². The maximum Gasteiger partial charge on any atom is 0.332 e. The quantitative estimate of drug-likeness (QED) is 0.512. The molecule has 2 amide bonds. The van der Waals surface area contributed by atoms with Gasteiger partial charge in [-0.2, -0.15) is 5.10 Å². The van der Waals surface area contributed by atoms with Gasteiger partial charge in [-0.15, -0.1) is 0 Å². The van der Waals surface area contributed by atoms with E-state index in [4.69, 9.17) is 5.73 Å². The molecule has 0 saturated carbocycles. The third-order valence-electron chi connectivity index (χ3n) is 1.55. The van der Waals surface area contributed by atoms with Gasteiger partial charge in [0, 0.05) is 10.0 Å². The van der Waals surface area contributed by atoms with Gasteiger partial charge in [0.2, 0.25) is 0 Å². The minimum Gasteiger partial charge on any atom is -0.506 e. The first-order valence-corrected chi connectivity index (χ1v) is 6.26. The van der Waals surface area contributed by atoms with Crippen LogP contribution in [0.25, 0.3) is 0 Å². The Morgan fingerprint density at radius 2 is 2.06 bits per heavy atom. The summed E-state index contributed by atoms with van der Waals surface area (Å²) in [5, 5.41) is 13.2. The Hall–Kier alpha value is -0.600. The van der Waals surface area contributed by atoms with Crippen LogP contribution in [0.3, 0.4) is 0 Å². The topological polar surface area (TPSA) is 87.7 Å². The van der Waals surface area contributed by atoms with Gasteiger partial charge in [0.05, 0.1) is 15.2 Å². The molecule has 1 aromatic rings. The van der Waals surface area contributed by atoms with Crippen molar-refractivity contribution in [3.05, 3.63) is 25.0 Å². The van der Waals surface area contributed by atoms with Crippen LogP contribution in [-0.4, -0.2) is 17.4 Å². The lowest BCUT2D eigenvalue weighted by atomic mass is 10.2. The molecule has 0 aromatic heterocycles. The first kappa shape index (κ1) is 13.5. The van der Waals surface area contributed by atoms with Crippen LogP contribution in [0.4, 0.5) is 4.79 Å². The molecule has 0 aliphatic carbocycles. The fraction of sp³-hybridized carbons (Fsp3) is 0. The summed E-state index contributed by atoms with van der Waals surface area (Å²) in [5.74, 6) is 0.0451. The Morgan fingerprint density at radius 3 is 2.62 bits per heavy atom. The molecule has 0 radical (unpaired) electrons. The van der Waals surface area contributed by atoms with Gasteiger partial charge in [-0.3, -0.25) is 0 Å². The predicted molar refractivity (Wildman–Crippen MR) is 71.5 cm³/mol. The highest BCUT2D eigenvalue weighted by molar-refractivity contribution is 9.11. The molecule has 0 heterocycles. The van der Waals surface area contributed by atoms with Crippen molar-refractivity contribution in [2.24, 2.45) is 10.8 Å². The number of hydrogen-bond donors (Lipinski definition) is 3. The van der Waals surface area contributed by atoms with E-state index in [9.17, 15) is 9.90 Å². The summed E-state index contributed by atoms with van der Waals surface area (Å²) in [4.78, 5) is 10.4. The Morgan fingerprint density at radius 1 is 1.44 bits per heavy atom. The van der Waals surface area contributed by atoms with Crippen LogP contribution in [-0.2, 0) is 0 Å². The van der Waals surface area contributed by atoms with Crippen molar-refractivity contribution in [3.63, 3.8) is 0 Å². The van der Waals surface area contributed by atoms with E-state index in [1.807, 2.05) is 0 Å². The van der Waals surface area contributed by atoms with E-state index >= 15 is 0 Å². The van der Waals surface area contributed by atoms with Crippen LogP contribution in [0.2, 0.25) is 0 Å². The predicted octanol–water partition coefficient (Wildman–Crippen LogP) is 2.68. The van der Waals surface area contributed by atoms with Crippen LogP contribution < -0.4 is 11.2 Å². The second-order valence-corrected chi connectivity index (χ2v) is 5.15. The van der Waals surface area contributed by atoms with Gasteiger partial charge in [-0.25, -0.2) is 10.2 Å². The zero-order chi connectivity index (χ0) is 12.3. The molecule has 0 spiro atoms. The first-order valence-electron chi connectivity index (χ1n) is 3.88. The van der Waals surface area contributed by atoms with Gasteiger partial charge in [0.25, 0.3) is 0 Å². The Kier molecular flexibility index (Phi) is 4.75. The van der Waals surface area contributed by atoms with Crippen molar-refractivity contribution in [1.29, 1.82) is 0 Å². The Bertz CT molecular complexity index is 462. The minimum atomic E-state index is -0.759. The fourth-order valence-corrected chi connectivity index (χ4v) is 3.20. The SMILES string of the molecule is NC(=O)N/N=C/c1c(Br)cc(Br)c(O)c1Br. The van der Waals surface area contributed by atoms with Gasteiger partial charge < -0.3 is 10.8 Å². The van der Waals surface area contributed by atoms with Gasteiger partial charge in [-0.05, 0) is 37.9 Å². The monoisotopic (exact) mass is 413 g/mol. The van der Waals surface area contributed by atoms with Crippen LogP contribution >= 0.6 is 47.8 Å². The maximum absolute atomic E-state index is 10.4. The van der Waals surface area contributed by atoms with Crippen LogP contribution in [0.15, 0.2) is 24.6 Å². The number of nitrogens with two attached hydrogens (primary N) is 1. The lowest BCUT2D eigenvalue weighted by Crippen LogP contribution is -2.24. The third-order valence-corrected chi connectivity index (χ3v) is 3.61. The van der Waals surface area contributed by atoms with Gasteiger partial charge >= 0.3 is 6.03 Å². The number of benzene rings is 1. The van der Waals surface area contributed by atoms with Crippen LogP contribution in [0.1, 0.15) is 5.56 Å². The van der Waals surface area contributed by atoms with E-state index < -0.39 is 6.03 Å². The number of carbonyl (C=O) groups excluding carboxylic acids is 1. The van der Waals surface area contributed by atoms with E-state index in [1.54, 1.807) is 6.07 Å². The number of hydrogen-bond acceptors (Lipinski definition) is 3. The van der Waals surface area contributed by atoms with Gasteiger partial charge in [-0.1, -0.05) is 15.9 Å². The zero-order valence-corrected chi connectivity index (χ0v) is 12.4. The molecule has 4 N–H and O–H groups in total. The van der Waals surface area contributed by atoms with E-state index in [0.29, 0.717) is 19.0 Å². The van der Waals surface area contributed by atoms with E-state index in [0.717, 1.165) is 0 Å². The summed E-state index contributed by atoms with van der Waals surface area (Å²) in [6.07, 6.45) is 1.35. The standard InChI is InChI=1S/C8H6Br3N3O2/c9-4-1-5(10)7(15)6(11)3(4)2-13-14-8(12)16/h1-2,15H,(H3,12,14,16)/b13-2+. The lowest BCUT2D eigenvalue weighted by molar-refractivity contribution is 0.249. The number of amides is 2. The minimum absolute atomic E-state index is 0.0451. The molecule has 16 heavy (non-hydrogen) atoms. The number of nitrogens with zero attached hydrogens (tertiary/aromatic N) is 1. The van der Waals surface area contributed by atoms with Crippen molar-refractivity contribution >= 4 is 60.0 Å².